The molecule has 1 unspecified atom stereocenters. The SMILES string of the molecule is CCC(C)(C)NC(=O)C(C)Oc1ccc(C=O)cc1. The molecule has 1 atom stereocenters. The molecule has 19 heavy (non-hydrogen) atoms. The Morgan fingerprint density at radius 2 is 1.95 bits per heavy atom. The second-order valence-electron chi connectivity index (χ2n) is 5.17. The zero-order valence-corrected chi connectivity index (χ0v) is 11.9. The Labute approximate surface area is 114 Å². The van der Waals surface area contributed by atoms with Crippen LogP contribution in [0.3, 0.4) is 0 Å². The van der Waals surface area contributed by atoms with Crippen molar-refractivity contribution in [1.82, 2.24) is 5.32 Å². The molecule has 1 aromatic rings. The van der Waals surface area contributed by atoms with Crippen LogP contribution < -0.4 is 10.1 Å². The van der Waals surface area contributed by atoms with Gasteiger partial charge in [0.25, 0.3) is 5.91 Å². The zero-order valence-electron chi connectivity index (χ0n) is 11.9. The van der Waals surface area contributed by atoms with E-state index >= 15 is 0 Å². The Hall–Kier alpha value is -1.84. The van der Waals surface area contributed by atoms with Gasteiger partial charge in [0.2, 0.25) is 0 Å². The molecule has 0 radical (unpaired) electrons. The predicted molar refractivity (Wildman–Crippen MR) is 74.4 cm³/mol. The van der Waals surface area contributed by atoms with Crippen molar-refractivity contribution >= 4 is 12.2 Å². The third-order valence-corrected chi connectivity index (χ3v) is 3.04. The molecule has 0 fully saturated rings. The molecular formula is C15H21NO3. The molecule has 0 aliphatic carbocycles. The minimum absolute atomic E-state index is 0.147. The van der Waals surface area contributed by atoms with Gasteiger partial charge < -0.3 is 10.1 Å². The molecule has 0 aliphatic rings. The van der Waals surface area contributed by atoms with Crippen molar-refractivity contribution in [2.75, 3.05) is 0 Å². The number of hydrogen-bond donors (Lipinski definition) is 1. The molecule has 0 saturated carbocycles. The molecule has 0 bridgehead atoms. The van der Waals surface area contributed by atoms with Gasteiger partial charge in [-0.05, 0) is 51.5 Å². The fourth-order valence-electron chi connectivity index (χ4n) is 1.41. The van der Waals surface area contributed by atoms with Gasteiger partial charge in [0.05, 0.1) is 0 Å². The minimum atomic E-state index is -0.576. The summed E-state index contributed by atoms with van der Waals surface area (Å²) in [5.41, 5.74) is 0.340. The van der Waals surface area contributed by atoms with Crippen LogP contribution in [0.25, 0.3) is 0 Å². The summed E-state index contributed by atoms with van der Waals surface area (Å²) in [5.74, 6) is 0.425. The van der Waals surface area contributed by atoms with Crippen LogP contribution in [0.2, 0.25) is 0 Å². The van der Waals surface area contributed by atoms with E-state index in [0.717, 1.165) is 12.7 Å². The number of rotatable bonds is 6. The zero-order chi connectivity index (χ0) is 14.5. The molecule has 0 saturated heterocycles. The van der Waals surface area contributed by atoms with E-state index in [0.29, 0.717) is 11.3 Å². The summed E-state index contributed by atoms with van der Waals surface area (Å²) in [7, 11) is 0. The quantitative estimate of drug-likeness (QED) is 0.802. The lowest BCUT2D eigenvalue weighted by Crippen LogP contribution is -2.48. The first-order valence-corrected chi connectivity index (χ1v) is 6.42. The lowest BCUT2D eigenvalue weighted by atomic mass is 10.0. The Balaban J connectivity index is 2.60. The van der Waals surface area contributed by atoms with Gasteiger partial charge in [0.15, 0.2) is 6.10 Å². The van der Waals surface area contributed by atoms with Crippen LogP contribution in [0.1, 0.15) is 44.5 Å². The highest BCUT2D eigenvalue weighted by Crippen LogP contribution is 2.14. The number of amides is 1. The number of carbonyl (C=O) groups is 2. The van der Waals surface area contributed by atoms with Crippen LogP contribution >= 0.6 is 0 Å². The highest BCUT2D eigenvalue weighted by Gasteiger charge is 2.22. The molecular weight excluding hydrogens is 242 g/mol. The van der Waals surface area contributed by atoms with Crippen LogP contribution in [0, 0.1) is 0 Å². The van der Waals surface area contributed by atoms with E-state index in [4.69, 9.17) is 4.74 Å². The molecule has 0 spiro atoms. The predicted octanol–water partition coefficient (Wildman–Crippen LogP) is 2.57. The molecule has 0 heterocycles. The van der Waals surface area contributed by atoms with Crippen molar-refractivity contribution in [1.29, 1.82) is 0 Å². The number of aldehydes is 1. The number of hydrogen-bond acceptors (Lipinski definition) is 3. The second-order valence-corrected chi connectivity index (χ2v) is 5.17. The van der Waals surface area contributed by atoms with Gasteiger partial charge in [-0.2, -0.15) is 0 Å². The van der Waals surface area contributed by atoms with E-state index in [1.165, 1.54) is 0 Å². The molecule has 1 rings (SSSR count). The Bertz CT molecular complexity index is 437. The van der Waals surface area contributed by atoms with Gasteiger partial charge in [0, 0.05) is 11.1 Å². The summed E-state index contributed by atoms with van der Waals surface area (Å²) in [6.07, 6.45) is 1.04. The van der Waals surface area contributed by atoms with Crippen LogP contribution in [-0.4, -0.2) is 23.8 Å². The van der Waals surface area contributed by atoms with Crippen LogP contribution in [0.4, 0.5) is 0 Å². The Morgan fingerprint density at radius 3 is 2.42 bits per heavy atom. The number of carbonyl (C=O) groups excluding carboxylic acids is 2. The van der Waals surface area contributed by atoms with Crippen molar-refractivity contribution in [2.24, 2.45) is 0 Å². The van der Waals surface area contributed by atoms with Crippen molar-refractivity contribution in [3.8, 4) is 5.75 Å². The average Bonchev–Trinajstić information content (AvgIpc) is 2.39. The maximum absolute atomic E-state index is 12.0. The molecule has 4 nitrogen and oxygen atoms in total. The van der Waals surface area contributed by atoms with Crippen LogP contribution in [0.5, 0.6) is 5.75 Å². The van der Waals surface area contributed by atoms with Gasteiger partial charge in [-0.3, -0.25) is 9.59 Å². The summed E-state index contributed by atoms with van der Waals surface area (Å²) in [6, 6.07) is 6.67. The summed E-state index contributed by atoms with van der Waals surface area (Å²) < 4.78 is 5.54. The maximum Gasteiger partial charge on any atom is 0.261 e. The molecule has 0 aromatic heterocycles. The van der Waals surface area contributed by atoms with Crippen molar-refractivity contribution in [3.05, 3.63) is 29.8 Å². The van der Waals surface area contributed by atoms with Crippen LogP contribution in [-0.2, 0) is 4.79 Å². The van der Waals surface area contributed by atoms with Crippen LogP contribution in [0.15, 0.2) is 24.3 Å². The van der Waals surface area contributed by atoms with E-state index < -0.39 is 6.10 Å². The molecule has 4 heteroatoms. The molecule has 1 N–H and O–H groups in total. The largest absolute Gasteiger partial charge is 0.481 e. The molecule has 1 aromatic carbocycles. The first kappa shape index (κ1) is 15.2. The monoisotopic (exact) mass is 263 g/mol. The van der Waals surface area contributed by atoms with Gasteiger partial charge in [-0.15, -0.1) is 0 Å². The number of nitrogens with one attached hydrogen (secondary N) is 1. The standard InChI is InChI=1S/C15H21NO3/c1-5-15(3,4)16-14(18)11(2)19-13-8-6-12(10-17)7-9-13/h6-11H,5H2,1-4H3,(H,16,18). The van der Waals surface area contributed by atoms with Gasteiger partial charge in [0.1, 0.15) is 12.0 Å². The second kappa shape index (κ2) is 6.36. The highest BCUT2D eigenvalue weighted by atomic mass is 16.5. The summed E-state index contributed by atoms with van der Waals surface area (Å²) >= 11 is 0. The number of benzene rings is 1. The lowest BCUT2D eigenvalue weighted by molar-refractivity contribution is -0.128. The lowest BCUT2D eigenvalue weighted by Gasteiger charge is -2.26. The third kappa shape index (κ3) is 4.73. The number of ether oxygens (including phenoxy) is 1. The van der Waals surface area contributed by atoms with E-state index in [9.17, 15) is 9.59 Å². The van der Waals surface area contributed by atoms with Crippen molar-refractivity contribution in [3.63, 3.8) is 0 Å². The minimum Gasteiger partial charge on any atom is -0.481 e. The Morgan fingerprint density at radius 1 is 1.37 bits per heavy atom. The van der Waals surface area contributed by atoms with E-state index in [1.54, 1.807) is 31.2 Å². The molecule has 1 amide bonds. The topological polar surface area (TPSA) is 55.4 Å². The summed E-state index contributed by atoms with van der Waals surface area (Å²) in [5, 5.41) is 2.93. The first-order chi connectivity index (χ1) is 8.88. The van der Waals surface area contributed by atoms with Gasteiger partial charge >= 0.3 is 0 Å². The van der Waals surface area contributed by atoms with Gasteiger partial charge in [-0.1, -0.05) is 6.92 Å². The molecule has 0 aliphatic heterocycles. The average molecular weight is 263 g/mol. The first-order valence-electron chi connectivity index (χ1n) is 6.42. The normalized spacial score (nSPS) is 12.6. The third-order valence-electron chi connectivity index (χ3n) is 3.04. The Kier molecular flexibility index (Phi) is 5.10. The fraction of sp³-hybridized carbons (Fsp3) is 0.467. The summed E-state index contributed by atoms with van der Waals surface area (Å²) in [6.45, 7) is 7.66. The van der Waals surface area contributed by atoms with Crippen molar-refractivity contribution in [2.45, 2.75) is 45.8 Å². The van der Waals surface area contributed by atoms with Crippen molar-refractivity contribution < 1.29 is 14.3 Å². The van der Waals surface area contributed by atoms with E-state index in [-0.39, 0.29) is 11.4 Å². The van der Waals surface area contributed by atoms with E-state index in [2.05, 4.69) is 5.32 Å². The fourth-order valence-corrected chi connectivity index (χ4v) is 1.41. The summed E-state index contributed by atoms with van der Waals surface area (Å²) in [4.78, 5) is 22.5. The molecule has 104 valence electrons. The van der Waals surface area contributed by atoms with E-state index in [1.807, 2.05) is 20.8 Å². The smallest absolute Gasteiger partial charge is 0.261 e. The highest BCUT2D eigenvalue weighted by molar-refractivity contribution is 5.81. The maximum atomic E-state index is 12.0. The van der Waals surface area contributed by atoms with Gasteiger partial charge in [-0.25, -0.2) is 0 Å².